The van der Waals surface area contributed by atoms with E-state index in [0.717, 1.165) is 26.2 Å². The van der Waals surface area contributed by atoms with Gasteiger partial charge in [-0.15, -0.1) is 0 Å². The third-order valence-electron chi connectivity index (χ3n) is 2.62. The zero-order chi connectivity index (χ0) is 12.8. The van der Waals surface area contributed by atoms with Crippen LogP contribution in [0.15, 0.2) is 0 Å². The first-order valence-corrected chi connectivity index (χ1v) is 6.36. The molecule has 0 fully saturated rings. The van der Waals surface area contributed by atoms with Crippen molar-refractivity contribution in [3.8, 4) is 0 Å². The van der Waals surface area contributed by atoms with E-state index in [0.29, 0.717) is 6.04 Å². The zero-order valence-electron chi connectivity index (χ0n) is 12.3. The molecule has 0 spiro atoms. The van der Waals surface area contributed by atoms with Crippen molar-refractivity contribution in [1.29, 1.82) is 0 Å². The van der Waals surface area contributed by atoms with Crippen LogP contribution in [0.1, 0.15) is 34.6 Å². The molecule has 1 N–H and O–H groups in total. The molecule has 0 radical (unpaired) electrons. The van der Waals surface area contributed by atoms with Crippen molar-refractivity contribution in [2.75, 3.05) is 40.3 Å². The maximum atomic E-state index is 3.54. The second-order valence-corrected chi connectivity index (χ2v) is 6.11. The minimum absolute atomic E-state index is 0.226. The average molecular weight is 229 g/mol. The molecule has 0 aliphatic heterocycles. The highest BCUT2D eigenvalue weighted by atomic mass is 15.2. The number of nitrogens with zero attached hydrogens (tertiary/aromatic N) is 2. The molecule has 0 aromatic rings. The van der Waals surface area contributed by atoms with Crippen molar-refractivity contribution in [2.24, 2.45) is 0 Å². The van der Waals surface area contributed by atoms with Gasteiger partial charge in [0, 0.05) is 37.8 Å². The van der Waals surface area contributed by atoms with Crippen LogP contribution in [0.5, 0.6) is 0 Å². The fraction of sp³-hybridized carbons (Fsp3) is 1.00. The van der Waals surface area contributed by atoms with Crippen LogP contribution in [-0.4, -0.2) is 61.7 Å². The zero-order valence-corrected chi connectivity index (χ0v) is 12.3. The van der Waals surface area contributed by atoms with E-state index in [4.69, 9.17) is 0 Å². The van der Waals surface area contributed by atoms with Crippen LogP contribution in [0, 0.1) is 0 Å². The van der Waals surface area contributed by atoms with Crippen molar-refractivity contribution < 1.29 is 0 Å². The van der Waals surface area contributed by atoms with Gasteiger partial charge in [-0.3, -0.25) is 4.90 Å². The Morgan fingerprint density at radius 3 is 1.94 bits per heavy atom. The molecular weight excluding hydrogens is 198 g/mol. The van der Waals surface area contributed by atoms with Gasteiger partial charge in [-0.05, 0) is 48.7 Å². The second kappa shape index (κ2) is 7.25. The Labute approximate surface area is 102 Å². The maximum Gasteiger partial charge on any atom is 0.0112 e. The molecule has 3 nitrogen and oxygen atoms in total. The van der Waals surface area contributed by atoms with Crippen molar-refractivity contribution in [1.82, 2.24) is 15.1 Å². The lowest BCUT2D eigenvalue weighted by atomic mass is 10.1. The third kappa shape index (κ3) is 9.13. The van der Waals surface area contributed by atoms with E-state index in [1.54, 1.807) is 0 Å². The third-order valence-corrected chi connectivity index (χ3v) is 2.62. The molecule has 0 aliphatic rings. The van der Waals surface area contributed by atoms with Crippen molar-refractivity contribution in [3.63, 3.8) is 0 Å². The monoisotopic (exact) mass is 229 g/mol. The first-order valence-electron chi connectivity index (χ1n) is 6.36. The first kappa shape index (κ1) is 15.9. The van der Waals surface area contributed by atoms with Gasteiger partial charge in [-0.25, -0.2) is 0 Å². The highest BCUT2D eigenvalue weighted by Crippen LogP contribution is 2.00. The van der Waals surface area contributed by atoms with Crippen LogP contribution in [-0.2, 0) is 0 Å². The summed E-state index contributed by atoms with van der Waals surface area (Å²) in [4.78, 5) is 4.77. The summed E-state index contributed by atoms with van der Waals surface area (Å²) in [6.07, 6.45) is 0. The Morgan fingerprint density at radius 2 is 1.56 bits per heavy atom. The minimum atomic E-state index is 0.226. The summed E-state index contributed by atoms with van der Waals surface area (Å²) in [6, 6.07) is 0.627. The summed E-state index contributed by atoms with van der Waals surface area (Å²) in [7, 11) is 4.26. The summed E-state index contributed by atoms with van der Waals surface area (Å²) >= 11 is 0. The predicted molar refractivity (Wildman–Crippen MR) is 73.0 cm³/mol. The fourth-order valence-corrected chi connectivity index (χ4v) is 1.53. The van der Waals surface area contributed by atoms with Gasteiger partial charge in [0.1, 0.15) is 0 Å². The normalized spacial score (nSPS) is 13.1. The van der Waals surface area contributed by atoms with Crippen LogP contribution in [0.25, 0.3) is 0 Å². The highest BCUT2D eigenvalue weighted by Gasteiger charge is 2.12. The molecule has 0 aromatic carbocycles. The van der Waals surface area contributed by atoms with E-state index < -0.39 is 0 Å². The van der Waals surface area contributed by atoms with Crippen molar-refractivity contribution in [2.45, 2.75) is 46.2 Å². The largest absolute Gasteiger partial charge is 0.311 e. The Kier molecular flexibility index (Phi) is 7.20. The molecule has 0 unspecified atom stereocenters. The van der Waals surface area contributed by atoms with Gasteiger partial charge in [0.2, 0.25) is 0 Å². The van der Waals surface area contributed by atoms with Crippen LogP contribution < -0.4 is 5.32 Å². The van der Waals surface area contributed by atoms with E-state index in [2.05, 4.69) is 63.8 Å². The summed E-state index contributed by atoms with van der Waals surface area (Å²) in [5.41, 5.74) is 0.226. The summed E-state index contributed by atoms with van der Waals surface area (Å²) in [5.74, 6) is 0. The molecule has 16 heavy (non-hydrogen) atoms. The quantitative estimate of drug-likeness (QED) is 0.716. The number of rotatable bonds is 7. The molecule has 0 amide bonds. The fourth-order valence-electron chi connectivity index (χ4n) is 1.53. The highest BCUT2D eigenvalue weighted by molar-refractivity contribution is 4.72. The lowest BCUT2D eigenvalue weighted by Gasteiger charge is -2.29. The maximum absolute atomic E-state index is 3.54. The molecule has 0 saturated carbocycles. The van der Waals surface area contributed by atoms with E-state index in [-0.39, 0.29) is 5.54 Å². The summed E-state index contributed by atoms with van der Waals surface area (Å²) in [5, 5.41) is 3.54. The van der Waals surface area contributed by atoms with Crippen molar-refractivity contribution >= 4 is 0 Å². The topological polar surface area (TPSA) is 18.5 Å². The van der Waals surface area contributed by atoms with Crippen LogP contribution in [0.4, 0.5) is 0 Å². The molecule has 0 saturated heterocycles. The smallest absolute Gasteiger partial charge is 0.0112 e. The number of hydrogen-bond donors (Lipinski definition) is 1. The van der Waals surface area contributed by atoms with Gasteiger partial charge in [0.25, 0.3) is 0 Å². The Hall–Kier alpha value is -0.120. The molecular formula is C13H31N3. The van der Waals surface area contributed by atoms with Crippen LogP contribution in [0.2, 0.25) is 0 Å². The van der Waals surface area contributed by atoms with Crippen molar-refractivity contribution in [3.05, 3.63) is 0 Å². The Balaban J connectivity index is 3.86. The first-order chi connectivity index (χ1) is 7.22. The number of hydrogen-bond acceptors (Lipinski definition) is 3. The molecule has 0 aliphatic carbocycles. The number of likely N-dealkylation sites (N-methyl/N-ethyl adjacent to an activating group) is 1. The van der Waals surface area contributed by atoms with Gasteiger partial charge in [-0.1, -0.05) is 0 Å². The molecule has 0 bridgehead atoms. The van der Waals surface area contributed by atoms with E-state index in [9.17, 15) is 0 Å². The van der Waals surface area contributed by atoms with E-state index in [1.807, 2.05) is 0 Å². The molecule has 0 rings (SSSR count). The molecule has 0 aromatic heterocycles. The number of nitrogens with one attached hydrogen (secondary N) is 1. The Morgan fingerprint density at radius 1 is 1.00 bits per heavy atom. The molecule has 3 heteroatoms. The van der Waals surface area contributed by atoms with E-state index in [1.165, 1.54) is 0 Å². The predicted octanol–water partition coefficient (Wildman–Crippen LogP) is 1.65. The van der Waals surface area contributed by atoms with Gasteiger partial charge < -0.3 is 10.2 Å². The lowest BCUT2D eigenvalue weighted by Crippen LogP contribution is -2.44. The van der Waals surface area contributed by atoms with Gasteiger partial charge in [0.05, 0.1) is 0 Å². The van der Waals surface area contributed by atoms with Gasteiger partial charge in [-0.2, -0.15) is 0 Å². The second-order valence-electron chi connectivity index (χ2n) is 6.11. The van der Waals surface area contributed by atoms with E-state index >= 15 is 0 Å². The van der Waals surface area contributed by atoms with Gasteiger partial charge >= 0.3 is 0 Å². The standard InChI is InChI=1S/C13H31N3/c1-12(2)16(11-10-15(6)7)9-8-14-13(3,4)5/h12,14H,8-11H2,1-7H3. The van der Waals surface area contributed by atoms with Crippen LogP contribution in [0.3, 0.4) is 0 Å². The minimum Gasteiger partial charge on any atom is -0.311 e. The van der Waals surface area contributed by atoms with Crippen LogP contribution >= 0.6 is 0 Å². The molecule has 0 heterocycles. The SMILES string of the molecule is CC(C)N(CCNC(C)(C)C)CCN(C)C. The van der Waals surface area contributed by atoms with Gasteiger partial charge in [0.15, 0.2) is 0 Å². The Bertz CT molecular complexity index is 171. The molecule has 0 atom stereocenters. The lowest BCUT2D eigenvalue weighted by molar-refractivity contribution is 0.194. The summed E-state index contributed by atoms with van der Waals surface area (Å²) < 4.78 is 0. The summed E-state index contributed by atoms with van der Waals surface area (Å²) in [6.45, 7) is 15.7. The average Bonchev–Trinajstić information content (AvgIpc) is 2.07. The molecule has 98 valence electrons.